The Morgan fingerprint density at radius 3 is 2.61 bits per heavy atom. The third-order valence-electron chi connectivity index (χ3n) is 4.36. The van der Waals surface area contributed by atoms with Gasteiger partial charge in [-0.05, 0) is 49.9 Å². The molecule has 0 saturated carbocycles. The Morgan fingerprint density at radius 2 is 2.00 bits per heavy atom. The number of nitrogens with zero attached hydrogens (tertiary/aromatic N) is 1. The fraction of sp³-hybridized carbons (Fsp3) is 0.526. The molecule has 3 rings (SSSR count). The van der Waals surface area contributed by atoms with Gasteiger partial charge in [-0.1, -0.05) is 19.9 Å². The summed E-state index contributed by atoms with van der Waals surface area (Å²) in [6, 6.07) is 6.59. The lowest BCUT2D eigenvalue weighted by atomic mass is 9.90. The molecular formula is C19H26N2O2. The lowest BCUT2D eigenvalue weighted by molar-refractivity contribution is 0.00821. The molecule has 1 aliphatic heterocycles. The van der Waals surface area contributed by atoms with E-state index in [0.29, 0.717) is 11.8 Å². The number of H-pyrrole nitrogens is 1. The van der Waals surface area contributed by atoms with Gasteiger partial charge >= 0.3 is 6.09 Å². The summed E-state index contributed by atoms with van der Waals surface area (Å²) in [5.41, 5.74) is 3.41. The van der Waals surface area contributed by atoms with Gasteiger partial charge in [-0.15, -0.1) is 0 Å². The van der Waals surface area contributed by atoms with Crippen LogP contribution in [-0.2, 0) is 4.74 Å². The van der Waals surface area contributed by atoms with Crippen molar-refractivity contribution in [3.63, 3.8) is 0 Å². The quantitative estimate of drug-likeness (QED) is 0.878. The van der Waals surface area contributed by atoms with Gasteiger partial charge in [0.05, 0.1) is 0 Å². The highest BCUT2D eigenvalue weighted by Gasteiger charge is 2.34. The van der Waals surface area contributed by atoms with Crippen LogP contribution in [0.5, 0.6) is 0 Å². The number of nitrogens with one attached hydrogen (secondary N) is 1. The number of aromatic nitrogens is 1. The van der Waals surface area contributed by atoms with Crippen LogP contribution in [0.25, 0.3) is 10.9 Å². The highest BCUT2D eigenvalue weighted by molar-refractivity contribution is 5.84. The summed E-state index contributed by atoms with van der Waals surface area (Å²) in [6.45, 7) is 11.6. The average Bonchev–Trinajstić information content (AvgIpc) is 2.77. The van der Waals surface area contributed by atoms with E-state index in [4.69, 9.17) is 4.74 Å². The summed E-state index contributed by atoms with van der Waals surface area (Å²) in [5.74, 6) is 0.903. The van der Waals surface area contributed by atoms with Gasteiger partial charge in [0.2, 0.25) is 0 Å². The van der Waals surface area contributed by atoms with Gasteiger partial charge in [-0.25, -0.2) is 4.79 Å². The van der Waals surface area contributed by atoms with Gasteiger partial charge < -0.3 is 14.6 Å². The number of fused-ring (bicyclic) bond motifs is 1. The van der Waals surface area contributed by atoms with Crippen LogP contribution in [0.1, 0.15) is 57.6 Å². The summed E-state index contributed by atoms with van der Waals surface area (Å²) in [7, 11) is 0. The Labute approximate surface area is 137 Å². The molecule has 4 nitrogen and oxygen atoms in total. The first-order valence-corrected chi connectivity index (χ1v) is 8.33. The molecule has 1 aromatic heterocycles. The second kappa shape index (κ2) is 5.59. The molecule has 0 radical (unpaired) electrons. The Kier molecular flexibility index (Phi) is 3.86. The molecule has 0 bridgehead atoms. The van der Waals surface area contributed by atoms with Crippen molar-refractivity contribution in [2.75, 3.05) is 13.1 Å². The molecule has 0 spiro atoms. The molecule has 0 aliphatic carbocycles. The van der Waals surface area contributed by atoms with E-state index in [0.717, 1.165) is 13.1 Å². The summed E-state index contributed by atoms with van der Waals surface area (Å²) >= 11 is 0. The lowest BCUT2D eigenvalue weighted by Gasteiger charge is -2.40. The molecule has 1 aromatic carbocycles. The molecule has 1 saturated heterocycles. The number of benzene rings is 1. The van der Waals surface area contributed by atoms with Crippen LogP contribution in [0.2, 0.25) is 0 Å². The largest absolute Gasteiger partial charge is 0.444 e. The third kappa shape index (κ3) is 3.21. The number of hydrogen-bond acceptors (Lipinski definition) is 2. The fourth-order valence-corrected chi connectivity index (χ4v) is 3.06. The molecule has 0 atom stereocenters. The summed E-state index contributed by atoms with van der Waals surface area (Å²) in [6.07, 6.45) is 1.90. The van der Waals surface area contributed by atoms with Crippen molar-refractivity contribution in [2.24, 2.45) is 0 Å². The van der Waals surface area contributed by atoms with Crippen molar-refractivity contribution in [1.29, 1.82) is 0 Å². The maximum atomic E-state index is 12.0. The van der Waals surface area contributed by atoms with Crippen LogP contribution < -0.4 is 0 Å². The normalized spacial score (nSPS) is 16.0. The van der Waals surface area contributed by atoms with Crippen molar-refractivity contribution in [3.05, 3.63) is 35.5 Å². The SMILES string of the molecule is CC(C)c1c[nH]c2ccc(C3CN(C(=O)OC(C)(C)C)C3)cc12. The van der Waals surface area contributed by atoms with Crippen molar-refractivity contribution in [1.82, 2.24) is 9.88 Å². The maximum Gasteiger partial charge on any atom is 0.410 e. The van der Waals surface area contributed by atoms with E-state index in [-0.39, 0.29) is 6.09 Å². The Balaban J connectivity index is 1.71. The molecule has 1 amide bonds. The second-order valence-corrected chi connectivity index (χ2v) is 7.79. The van der Waals surface area contributed by atoms with Crippen LogP contribution in [0.3, 0.4) is 0 Å². The number of rotatable bonds is 2. The minimum atomic E-state index is -0.432. The third-order valence-corrected chi connectivity index (χ3v) is 4.36. The molecule has 4 heteroatoms. The van der Waals surface area contributed by atoms with Crippen molar-refractivity contribution in [3.8, 4) is 0 Å². The number of likely N-dealkylation sites (tertiary alicyclic amines) is 1. The number of aromatic amines is 1. The predicted octanol–water partition coefficient (Wildman–Crippen LogP) is 4.63. The number of carbonyl (C=O) groups excluding carboxylic acids is 1. The van der Waals surface area contributed by atoms with E-state index in [1.807, 2.05) is 20.8 Å². The average molecular weight is 314 g/mol. The van der Waals surface area contributed by atoms with E-state index in [2.05, 4.69) is 43.2 Å². The molecule has 124 valence electrons. The molecule has 23 heavy (non-hydrogen) atoms. The van der Waals surface area contributed by atoms with Gasteiger partial charge in [0.15, 0.2) is 0 Å². The zero-order chi connectivity index (χ0) is 16.8. The number of hydrogen-bond donors (Lipinski definition) is 1. The molecular weight excluding hydrogens is 288 g/mol. The first-order chi connectivity index (χ1) is 10.7. The lowest BCUT2D eigenvalue weighted by Crippen LogP contribution is -2.50. The Morgan fingerprint density at radius 1 is 1.30 bits per heavy atom. The van der Waals surface area contributed by atoms with Gasteiger partial charge in [0.1, 0.15) is 5.60 Å². The Bertz CT molecular complexity index is 719. The van der Waals surface area contributed by atoms with Gasteiger partial charge in [0, 0.05) is 36.1 Å². The van der Waals surface area contributed by atoms with E-state index >= 15 is 0 Å². The van der Waals surface area contributed by atoms with E-state index in [9.17, 15) is 4.79 Å². The standard InChI is InChI=1S/C19H26N2O2/c1-12(2)16-9-20-17-7-6-13(8-15(16)17)14-10-21(11-14)18(22)23-19(3,4)5/h6-9,12,14,20H,10-11H2,1-5H3. The van der Waals surface area contributed by atoms with Crippen molar-refractivity contribution in [2.45, 2.75) is 52.1 Å². The molecule has 2 aromatic rings. The zero-order valence-corrected chi connectivity index (χ0v) is 14.6. The smallest absolute Gasteiger partial charge is 0.410 e. The predicted molar refractivity (Wildman–Crippen MR) is 92.9 cm³/mol. The Hall–Kier alpha value is -1.97. The molecule has 0 unspecified atom stereocenters. The maximum absolute atomic E-state index is 12.0. The summed E-state index contributed by atoms with van der Waals surface area (Å²) in [4.78, 5) is 17.1. The minimum absolute atomic E-state index is 0.209. The van der Waals surface area contributed by atoms with Gasteiger partial charge in [-0.2, -0.15) is 0 Å². The molecule has 2 heterocycles. The first-order valence-electron chi connectivity index (χ1n) is 8.33. The van der Waals surface area contributed by atoms with Crippen LogP contribution in [0, 0.1) is 0 Å². The monoisotopic (exact) mass is 314 g/mol. The summed E-state index contributed by atoms with van der Waals surface area (Å²) < 4.78 is 5.42. The van der Waals surface area contributed by atoms with Crippen molar-refractivity contribution < 1.29 is 9.53 Å². The van der Waals surface area contributed by atoms with Crippen molar-refractivity contribution >= 4 is 17.0 Å². The van der Waals surface area contributed by atoms with Gasteiger partial charge in [-0.3, -0.25) is 0 Å². The van der Waals surface area contributed by atoms with E-state index < -0.39 is 5.60 Å². The van der Waals surface area contributed by atoms with Crippen LogP contribution in [0.15, 0.2) is 24.4 Å². The minimum Gasteiger partial charge on any atom is -0.444 e. The van der Waals surface area contributed by atoms with E-state index in [1.54, 1.807) is 4.90 Å². The second-order valence-electron chi connectivity index (χ2n) is 7.79. The highest BCUT2D eigenvalue weighted by Crippen LogP contribution is 2.32. The molecule has 1 N–H and O–H groups in total. The fourth-order valence-electron chi connectivity index (χ4n) is 3.06. The highest BCUT2D eigenvalue weighted by atomic mass is 16.6. The van der Waals surface area contributed by atoms with Crippen LogP contribution in [0.4, 0.5) is 4.79 Å². The first kappa shape index (κ1) is 15.9. The van der Waals surface area contributed by atoms with E-state index in [1.165, 1.54) is 22.0 Å². The number of carbonyl (C=O) groups is 1. The topological polar surface area (TPSA) is 45.3 Å². The van der Waals surface area contributed by atoms with Crippen LogP contribution in [-0.4, -0.2) is 34.7 Å². The molecule has 1 aliphatic rings. The zero-order valence-electron chi connectivity index (χ0n) is 14.6. The number of amides is 1. The summed E-state index contributed by atoms with van der Waals surface area (Å²) in [5, 5.41) is 1.30. The number of ether oxygens (including phenoxy) is 1. The van der Waals surface area contributed by atoms with Crippen LogP contribution >= 0.6 is 0 Å². The van der Waals surface area contributed by atoms with Gasteiger partial charge in [0.25, 0.3) is 0 Å². The molecule has 1 fully saturated rings.